The van der Waals surface area contributed by atoms with Crippen LogP contribution in [0.2, 0.25) is 0 Å². The number of carbonyl (C=O) groups excluding carboxylic acids is 1. The van der Waals surface area contributed by atoms with E-state index in [1.165, 1.54) is 0 Å². The number of pyridine rings is 1. The van der Waals surface area contributed by atoms with Gasteiger partial charge in [0.25, 0.3) is 0 Å². The third-order valence-electron chi connectivity index (χ3n) is 2.20. The van der Waals surface area contributed by atoms with Crippen molar-refractivity contribution in [2.45, 2.75) is 6.54 Å². The molecular weight excluding hydrogens is 273 g/mol. The summed E-state index contributed by atoms with van der Waals surface area (Å²) in [7, 11) is -6.00. The Morgan fingerprint density at radius 2 is 1.35 bits per heavy atom. The van der Waals surface area contributed by atoms with Crippen LogP contribution in [-0.4, -0.2) is 13.0 Å². The second kappa shape index (κ2) is 7.42. The zero-order valence-corrected chi connectivity index (χ0v) is 10.4. The smallest absolute Gasteiger partial charge is 0.418 e. The van der Waals surface area contributed by atoms with Crippen LogP contribution < -0.4 is 4.57 Å². The average molecular weight is 285 g/mol. The van der Waals surface area contributed by atoms with E-state index in [4.69, 9.17) is 0 Å². The lowest BCUT2D eigenvalue weighted by molar-refractivity contribution is -0.683. The van der Waals surface area contributed by atoms with E-state index in [0.29, 0.717) is 6.54 Å². The lowest BCUT2D eigenvalue weighted by Gasteiger charge is -1.96. The fourth-order valence-corrected chi connectivity index (χ4v) is 1.42. The van der Waals surface area contributed by atoms with Crippen molar-refractivity contribution in [3.05, 3.63) is 66.5 Å². The van der Waals surface area contributed by atoms with Gasteiger partial charge in [-0.1, -0.05) is 36.4 Å². The Labute approximate surface area is 113 Å². The van der Waals surface area contributed by atoms with Gasteiger partial charge in [-0.15, -0.1) is 0 Å². The maximum absolute atomic E-state index is 11.8. The third-order valence-corrected chi connectivity index (χ3v) is 2.20. The first kappa shape index (κ1) is 15.9. The molecule has 7 heteroatoms. The Kier molecular flexibility index (Phi) is 5.89. The highest BCUT2D eigenvalue weighted by Gasteiger charge is 2.20. The number of Topliss-reactive ketones (excluding diaryl/α,β-unsaturated/α-hetero) is 1. The van der Waals surface area contributed by atoms with Gasteiger partial charge >= 0.3 is 7.25 Å². The van der Waals surface area contributed by atoms with Crippen LogP contribution in [0.15, 0.2) is 60.9 Å². The molecule has 0 saturated heterocycles. The van der Waals surface area contributed by atoms with Crippen LogP contribution in [0.4, 0.5) is 17.3 Å². The Morgan fingerprint density at radius 3 is 1.85 bits per heavy atom. The number of hydrogen-bond acceptors (Lipinski definition) is 1. The summed E-state index contributed by atoms with van der Waals surface area (Å²) in [5, 5.41) is 0. The summed E-state index contributed by atoms with van der Waals surface area (Å²) >= 11 is 0. The Balaban J connectivity index is 0.000000347. The molecule has 0 aliphatic rings. The highest BCUT2D eigenvalue weighted by Crippen LogP contribution is 2.06. The van der Waals surface area contributed by atoms with Crippen LogP contribution in [0, 0.1) is 0 Å². The van der Waals surface area contributed by atoms with Crippen LogP contribution in [0.5, 0.6) is 0 Å². The minimum Gasteiger partial charge on any atom is -0.418 e. The maximum atomic E-state index is 11.8. The minimum absolute atomic E-state index is 0.131. The van der Waals surface area contributed by atoms with Crippen molar-refractivity contribution in [1.82, 2.24) is 0 Å². The summed E-state index contributed by atoms with van der Waals surface area (Å²) in [5.41, 5.74) is 0.758. The molecule has 0 unspecified atom stereocenters. The SMILES string of the molecule is F[B-](F)(F)F.O=C(C[n+]1ccccc1)c1ccccc1. The molecular formula is C13H12BF4NO. The Hall–Kier alpha value is -2.18. The summed E-state index contributed by atoms with van der Waals surface area (Å²) in [5.74, 6) is 0.131. The Bertz CT molecular complexity index is 525. The maximum Gasteiger partial charge on any atom is 0.673 e. The molecule has 0 bridgehead atoms. The molecule has 0 fully saturated rings. The van der Waals surface area contributed by atoms with Gasteiger partial charge in [-0.2, -0.15) is 4.57 Å². The molecule has 0 aliphatic carbocycles. The van der Waals surface area contributed by atoms with Crippen molar-refractivity contribution in [3.63, 3.8) is 0 Å². The Morgan fingerprint density at radius 1 is 0.900 bits per heavy atom. The fraction of sp³-hybridized carbons (Fsp3) is 0.0769. The van der Waals surface area contributed by atoms with E-state index in [0.717, 1.165) is 5.56 Å². The first-order chi connectivity index (χ1) is 9.36. The lowest BCUT2D eigenvalue weighted by Crippen LogP contribution is -2.36. The van der Waals surface area contributed by atoms with Crippen molar-refractivity contribution in [2.24, 2.45) is 0 Å². The zero-order valence-electron chi connectivity index (χ0n) is 10.4. The van der Waals surface area contributed by atoms with E-state index in [2.05, 4.69) is 0 Å². The average Bonchev–Trinajstić information content (AvgIpc) is 2.39. The van der Waals surface area contributed by atoms with E-state index >= 15 is 0 Å². The first-order valence-corrected chi connectivity index (χ1v) is 5.76. The van der Waals surface area contributed by atoms with Crippen molar-refractivity contribution in [2.75, 3.05) is 0 Å². The molecule has 20 heavy (non-hydrogen) atoms. The van der Waals surface area contributed by atoms with Gasteiger partial charge in [-0.05, 0) is 0 Å². The van der Waals surface area contributed by atoms with E-state index in [1.54, 1.807) is 0 Å². The normalized spacial score (nSPS) is 10.4. The first-order valence-electron chi connectivity index (χ1n) is 5.76. The number of rotatable bonds is 3. The van der Waals surface area contributed by atoms with Gasteiger partial charge in [-0.25, -0.2) is 0 Å². The number of ketones is 1. The molecule has 0 radical (unpaired) electrons. The highest BCUT2D eigenvalue weighted by atomic mass is 19.5. The molecule has 0 aliphatic heterocycles. The standard InChI is InChI=1S/C13H12NO.BF4/c15-13(12-7-3-1-4-8-12)11-14-9-5-2-6-10-14;2-1(3,4)5/h1-10H,11H2;/q+1;-1. The quantitative estimate of drug-likeness (QED) is 0.367. The number of carbonyl (C=O) groups is 1. The molecule has 1 aromatic carbocycles. The van der Waals surface area contributed by atoms with E-state index < -0.39 is 7.25 Å². The van der Waals surface area contributed by atoms with Gasteiger partial charge in [0.15, 0.2) is 12.4 Å². The molecule has 0 N–H and O–H groups in total. The molecule has 2 aromatic rings. The van der Waals surface area contributed by atoms with Crippen LogP contribution in [0.25, 0.3) is 0 Å². The van der Waals surface area contributed by atoms with Crippen LogP contribution in [0.3, 0.4) is 0 Å². The summed E-state index contributed by atoms with van der Waals surface area (Å²) in [6.07, 6.45) is 3.78. The van der Waals surface area contributed by atoms with Crippen molar-refractivity contribution in [1.29, 1.82) is 0 Å². The van der Waals surface area contributed by atoms with E-state index in [9.17, 15) is 22.1 Å². The number of hydrogen-bond donors (Lipinski definition) is 0. The summed E-state index contributed by atoms with van der Waals surface area (Å²) in [6.45, 7) is 0.394. The van der Waals surface area contributed by atoms with Crippen LogP contribution in [-0.2, 0) is 6.54 Å². The molecule has 0 amide bonds. The predicted octanol–water partition coefficient (Wildman–Crippen LogP) is 3.16. The summed E-state index contributed by atoms with van der Waals surface area (Å²) in [6, 6.07) is 15.1. The predicted molar refractivity (Wildman–Crippen MR) is 67.6 cm³/mol. The largest absolute Gasteiger partial charge is 0.673 e. The second-order valence-corrected chi connectivity index (χ2v) is 3.83. The number of halogens is 4. The summed E-state index contributed by atoms with van der Waals surface area (Å²) < 4.78 is 40.9. The molecule has 0 saturated carbocycles. The lowest BCUT2D eigenvalue weighted by atomic mass is 10.1. The van der Waals surface area contributed by atoms with E-state index in [1.807, 2.05) is 65.5 Å². The number of benzene rings is 1. The fourth-order valence-electron chi connectivity index (χ4n) is 1.42. The van der Waals surface area contributed by atoms with Gasteiger partial charge in [-0.3, -0.25) is 4.79 Å². The topological polar surface area (TPSA) is 20.9 Å². The van der Waals surface area contributed by atoms with Crippen molar-refractivity contribution < 1.29 is 26.6 Å². The molecule has 2 nitrogen and oxygen atoms in total. The van der Waals surface area contributed by atoms with Crippen molar-refractivity contribution >= 4 is 13.0 Å². The second-order valence-electron chi connectivity index (χ2n) is 3.83. The van der Waals surface area contributed by atoms with Gasteiger partial charge in [0.2, 0.25) is 12.3 Å². The monoisotopic (exact) mass is 285 g/mol. The minimum atomic E-state index is -6.00. The molecule has 106 valence electrons. The molecule has 1 aromatic heterocycles. The molecule has 0 atom stereocenters. The van der Waals surface area contributed by atoms with Gasteiger partial charge < -0.3 is 17.3 Å². The molecule has 0 spiro atoms. The zero-order chi connectivity index (χ0) is 15.0. The van der Waals surface area contributed by atoms with Gasteiger partial charge in [0.05, 0.1) is 0 Å². The van der Waals surface area contributed by atoms with Gasteiger partial charge in [0, 0.05) is 17.7 Å². The van der Waals surface area contributed by atoms with E-state index in [-0.39, 0.29) is 5.78 Å². The van der Waals surface area contributed by atoms with Gasteiger partial charge in [0.1, 0.15) is 0 Å². The van der Waals surface area contributed by atoms with Crippen molar-refractivity contribution in [3.8, 4) is 0 Å². The summed E-state index contributed by atoms with van der Waals surface area (Å²) in [4.78, 5) is 11.8. The number of aromatic nitrogens is 1. The number of nitrogens with zero attached hydrogens (tertiary/aromatic N) is 1. The molecule has 1 heterocycles. The highest BCUT2D eigenvalue weighted by molar-refractivity contribution is 6.50. The van der Waals surface area contributed by atoms with Crippen LogP contribution >= 0.6 is 0 Å². The van der Waals surface area contributed by atoms with Crippen LogP contribution in [0.1, 0.15) is 10.4 Å². The third kappa shape index (κ3) is 7.30. The molecule has 2 rings (SSSR count).